The highest BCUT2D eigenvalue weighted by atomic mass is 16.5. The van der Waals surface area contributed by atoms with Crippen LogP contribution in [0.5, 0.6) is 0 Å². The van der Waals surface area contributed by atoms with Gasteiger partial charge in [-0.05, 0) is 57.7 Å². The van der Waals surface area contributed by atoms with E-state index in [4.69, 9.17) is 14.2 Å². The predicted octanol–water partition coefficient (Wildman–Crippen LogP) is 3.27. The van der Waals surface area contributed by atoms with Gasteiger partial charge in [0.25, 0.3) is 0 Å². The lowest BCUT2D eigenvalue weighted by Crippen LogP contribution is -2.44. The second kappa shape index (κ2) is 7.89. The van der Waals surface area contributed by atoms with Crippen LogP contribution in [0, 0.1) is 26.2 Å². The van der Waals surface area contributed by atoms with Crippen LogP contribution in [0.3, 0.4) is 0 Å². The molecule has 1 aliphatic rings. The molecule has 0 saturated heterocycles. The SMILES string of the molecule is CCOC(=O)C1(C(C)=O)CC(OC)C(OC)C1c1c(C)cc(C)cc1C. The number of ether oxygens (including phenoxy) is 3. The van der Waals surface area contributed by atoms with Gasteiger partial charge in [-0.15, -0.1) is 0 Å². The summed E-state index contributed by atoms with van der Waals surface area (Å²) in [4.78, 5) is 25.9. The molecule has 0 N–H and O–H groups in total. The summed E-state index contributed by atoms with van der Waals surface area (Å²) >= 11 is 0. The standard InChI is InChI=1S/C21H30O5/c1-8-26-20(23)21(15(5)22)11-16(24-6)19(25-7)18(21)17-13(3)9-12(2)10-14(17)4/h9-10,16,18-19H,8,11H2,1-7H3. The fourth-order valence-corrected chi connectivity index (χ4v) is 4.63. The van der Waals surface area contributed by atoms with Gasteiger partial charge < -0.3 is 14.2 Å². The van der Waals surface area contributed by atoms with E-state index in [0.29, 0.717) is 0 Å². The molecule has 0 spiro atoms. The smallest absolute Gasteiger partial charge is 0.320 e. The number of aryl methyl sites for hydroxylation is 3. The molecular formula is C21H30O5. The highest BCUT2D eigenvalue weighted by molar-refractivity contribution is 6.04. The van der Waals surface area contributed by atoms with Crippen LogP contribution in [-0.4, -0.2) is 44.8 Å². The van der Waals surface area contributed by atoms with Gasteiger partial charge in [0.1, 0.15) is 11.2 Å². The Hall–Kier alpha value is -1.72. The van der Waals surface area contributed by atoms with E-state index in [9.17, 15) is 9.59 Å². The first-order chi connectivity index (χ1) is 12.2. The molecule has 5 nitrogen and oxygen atoms in total. The fraction of sp³-hybridized carbons (Fsp3) is 0.619. The van der Waals surface area contributed by atoms with E-state index < -0.39 is 23.4 Å². The summed E-state index contributed by atoms with van der Waals surface area (Å²) in [5.74, 6) is -1.14. The van der Waals surface area contributed by atoms with E-state index >= 15 is 0 Å². The Kier molecular flexibility index (Phi) is 6.25. The minimum Gasteiger partial charge on any atom is -0.465 e. The lowest BCUT2D eigenvalue weighted by atomic mass is 9.69. The predicted molar refractivity (Wildman–Crippen MR) is 99.4 cm³/mol. The van der Waals surface area contributed by atoms with Crippen molar-refractivity contribution in [3.05, 3.63) is 34.4 Å². The minimum absolute atomic E-state index is 0.207. The van der Waals surface area contributed by atoms with Crippen LogP contribution in [0.2, 0.25) is 0 Å². The maximum atomic E-state index is 13.1. The van der Waals surface area contributed by atoms with E-state index in [1.165, 1.54) is 6.92 Å². The van der Waals surface area contributed by atoms with Crippen LogP contribution in [0.15, 0.2) is 12.1 Å². The van der Waals surface area contributed by atoms with Crippen molar-refractivity contribution in [2.75, 3.05) is 20.8 Å². The number of carbonyl (C=O) groups is 2. The highest BCUT2D eigenvalue weighted by Gasteiger charge is 2.63. The summed E-state index contributed by atoms with van der Waals surface area (Å²) in [6.45, 7) is 9.50. The Morgan fingerprint density at radius 1 is 1.12 bits per heavy atom. The average Bonchev–Trinajstić information content (AvgIpc) is 2.89. The van der Waals surface area contributed by atoms with Gasteiger partial charge in [-0.2, -0.15) is 0 Å². The molecule has 2 rings (SSSR count). The monoisotopic (exact) mass is 362 g/mol. The molecule has 0 aromatic heterocycles. The van der Waals surface area contributed by atoms with Crippen LogP contribution >= 0.6 is 0 Å². The average molecular weight is 362 g/mol. The first-order valence-electron chi connectivity index (χ1n) is 9.06. The lowest BCUT2D eigenvalue weighted by Gasteiger charge is -2.34. The van der Waals surface area contributed by atoms with E-state index in [1.807, 2.05) is 20.8 Å². The van der Waals surface area contributed by atoms with E-state index in [0.717, 1.165) is 22.3 Å². The maximum Gasteiger partial charge on any atom is 0.320 e. The topological polar surface area (TPSA) is 61.8 Å². The number of methoxy groups -OCH3 is 2. The van der Waals surface area contributed by atoms with Crippen molar-refractivity contribution in [2.24, 2.45) is 5.41 Å². The highest BCUT2D eigenvalue weighted by Crippen LogP contribution is 2.54. The molecule has 0 amide bonds. The lowest BCUT2D eigenvalue weighted by molar-refractivity contribution is -0.161. The molecule has 1 aromatic rings. The molecule has 1 fully saturated rings. The molecule has 144 valence electrons. The molecule has 0 bridgehead atoms. The van der Waals surface area contributed by atoms with Crippen LogP contribution in [0.1, 0.15) is 48.4 Å². The van der Waals surface area contributed by atoms with E-state index in [1.54, 1.807) is 21.1 Å². The van der Waals surface area contributed by atoms with Crippen molar-refractivity contribution < 1.29 is 23.8 Å². The van der Waals surface area contributed by atoms with Crippen LogP contribution in [0.25, 0.3) is 0 Å². The Morgan fingerprint density at radius 2 is 1.69 bits per heavy atom. The summed E-state index contributed by atoms with van der Waals surface area (Å²) in [6, 6.07) is 4.15. The molecule has 4 unspecified atom stereocenters. The first kappa shape index (κ1) is 20.6. The van der Waals surface area contributed by atoms with Crippen molar-refractivity contribution in [3.8, 4) is 0 Å². The zero-order valence-electron chi connectivity index (χ0n) is 16.8. The molecule has 26 heavy (non-hydrogen) atoms. The third-order valence-electron chi connectivity index (χ3n) is 5.64. The Bertz CT molecular complexity index is 673. The molecule has 1 aromatic carbocycles. The molecule has 0 heterocycles. The summed E-state index contributed by atoms with van der Waals surface area (Å²) in [7, 11) is 3.19. The summed E-state index contributed by atoms with van der Waals surface area (Å²) in [5, 5.41) is 0. The Labute approximate surface area is 156 Å². The number of carbonyl (C=O) groups excluding carboxylic acids is 2. The molecular weight excluding hydrogens is 332 g/mol. The Balaban J connectivity index is 2.77. The minimum atomic E-state index is -1.30. The number of hydrogen-bond acceptors (Lipinski definition) is 5. The number of ketones is 1. The van der Waals surface area contributed by atoms with E-state index in [2.05, 4.69) is 12.1 Å². The zero-order valence-corrected chi connectivity index (χ0v) is 16.8. The van der Waals surface area contributed by atoms with Gasteiger partial charge in [0.15, 0.2) is 0 Å². The number of esters is 1. The molecule has 1 saturated carbocycles. The van der Waals surface area contributed by atoms with Gasteiger partial charge in [0.05, 0.1) is 18.8 Å². The van der Waals surface area contributed by atoms with E-state index in [-0.39, 0.29) is 24.9 Å². The quantitative estimate of drug-likeness (QED) is 0.574. The summed E-state index contributed by atoms with van der Waals surface area (Å²) < 4.78 is 16.7. The number of hydrogen-bond donors (Lipinski definition) is 0. The van der Waals surface area contributed by atoms with Crippen molar-refractivity contribution in [1.29, 1.82) is 0 Å². The summed E-state index contributed by atoms with van der Waals surface area (Å²) in [6.07, 6.45) is -0.514. The molecule has 5 heteroatoms. The van der Waals surface area contributed by atoms with Gasteiger partial charge in [-0.3, -0.25) is 9.59 Å². The second-order valence-electron chi connectivity index (χ2n) is 7.22. The van der Waals surface area contributed by atoms with Crippen LogP contribution in [-0.2, 0) is 23.8 Å². The normalized spacial score (nSPS) is 28.2. The molecule has 4 atom stereocenters. The van der Waals surface area contributed by atoms with Gasteiger partial charge in [0, 0.05) is 20.1 Å². The van der Waals surface area contributed by atoms with Gasteiger partial charge in [0.2, 0.25) is 0 Å². The molecule has 0 radical (unpaired) electrons. The first-order valence-corrected chi connectivity index (χ1v) is 9.06. The van der Waals surface area contributed by atoms with Crippen molar-refractivity contribution in [2.45, 2.75) is 59.2 Å². The second-order valence-corrected chi connectivity index (χ2v) is 7.22. The van der Waals surface area contributed by atoms with Crippen molar-refractivity contribution >= 4 is 11.8 Å². The zero-order chi connectivity index (χ0) is 19.6. The van der Waals surface area contributed by atoms with Gasteiger partial charge in [-0.1, -0.05) is 17.7 Å². The van der Waals surface area contributed by atoms with Crippen molar-refractivity contribution in [3.63, 3.8) is 0 Å². The molecule has 1 aliphatic carbocycles. The number of rotatable bonds is 6. The van der Waals surface area contributed by atoms with Gasteiger partial charge in [-0.25, -0.2) is 0 Å². The Morgan fingerprint density at radius 3 is 2.12 bits per heavy atom. The van der Waals surface area contributed by atoms with Gasteiger partial charge >= 0.3 is 5.97 Å². The fourth-order valence-electron chi connectivity index (χ4n) is 4.63. The summed E-state index contributed by atoms with van der Waals surface area (Å²) in [5.41, 5.74) is 2.90. The van der Waals surface area contributed by atoms with Crippen molar-refractivity contribution in [1.82, 2.24) is 0 Å². The van der Waals surface area contributed by atoms with Crippen LogP contribution < -0.4 is 0 Å². The van der Waals surface area contributed by atoms with Crippen LogP contribution in [0.4, 0.5) is 0 Å². The third-order valence-corrected chi connectivity index (χ3v) is 5.64. The number of benzene rings is 1. The molecule has 0 aliphatic heterocycles. The third kappa shape index (κ3) is 3.19. The maximum absolute atomic E-state index is 13.1. The largest absolute Gasteiger partial charge is 0.465 e. The number of Topliss-reactive ketones (excluding diaryl/α,β-unsaturated/α-hetero) is 1.